The zero-order chi connectivity index (χ0) is 13.0. The highest BCUT2D eigenvalue weighted by molar-refractivity contribution is 5.80. The molecule has 1 aromatic rings. The van der Waals surface area contributed by atoms with Crippen LogP contribution in [0.15, 0.2) is 35.5 Å². The van der Waals surface area contributed by atoms with E-state index in [1.807, 2.05) is 18.2 Å². The third kappa shape index (κ3) is 3.47. The van der Waals surface area contributed by atoms with Gasteiger partial charge in [-0.15, -0.1) is 0 Å². The van der Waals surface area contributed by atoms with Gasteiger partial charge in [0.25, 0.3) is 0 Å². The van der Waals surface area contributed by atoms with Gasteiger partial charge in [-0.2, -0.15) is 0 Å². The van der Waals surface area contributed by atoms with E-state index in [9.17, 15) is 0 Å². The van der Waals surface area contributed by atoms with Crippen molar-refractivity contribution < 1.29 is 5.21 Å². The summed E-state index contributed by atoms with van der Waals surface area (Å²) in [5.41, 5.74) is 7.24. The van der Waals surface area contributed by atoms with Crippen LogP contribution in [0.25, 0.3) is 0 Å². The van der Waals surface area contributed by atoms with Gasteiger partial charge in [0, 0.05) is 19.0 Å². The molecule has 0 radical (unpaired) electrons. The number of hydrogen-bond donors (Lipinski definition) is 3. The Kier molecular flexibility index (Phi) is 3.87. The molecule has 1 unspecified atom stereocenters. The third-order valence-electron chi connectivity index (χ3n) is 3.62. The van der Waals surface area contributed by atoms with Crippen LogP contribution in [0.3, 0.4) is 0 Å². The van der Waals surface area contributed by atoms with Crippen molar-refractivity contribution in [1.29, 1.82) is 0 Å². The van der Waals surface area contributed by atoms with Gasteiger partial charge in [0.1, 0.15) is 5.84 Å². The molecule has 1 aromatic carbocycles. The van der Waals surface area contributed by atoms with Crippen molar-refractivity contribution in [2.45, 2.75) is 32.2 Å². The van der Waals surface area contributed by atoms with Gasteiger partial charge in [0.2, 0.25) is 0 Å². The number of oxime groups is 1. The van der Waals surface area contributed by atoms with E-state index in [0.29, 0.717) is 11.8 Å². The molecule has 1 saturated carbocycles. The van der Waals surface area contributed by atoms with E-state index in [0.717, 1.165) is 6.54 Å². The molecule has 0 saturated heterocycles. The van der Waals surface area contributed by atoms with Crippen LogP contribution in [0.5, 0.6) is 0 Å². The third-order valence-corrected chi connectivity index (χ3v) is 3.62. The molecule has 18 heavy (non-hydrogen) atoms. The van der Waals surface area contributed by atoms with Gasteiger partial charge in [0.05, 0.1) is 0 Å². The second kappa shape index (κ2) is 5.40. The van der Waals surface area contributed by atoms with E-state index in [1.54, 1.807) is 0 Å². The van der Waals surface area contributed by atoms with Gasteiger partial charge in [-0.05, 0) is 23.8 Å². The van der Waals surface area contributed by atoms with E-state index < -0.39 is 0 Å². The summed E-state index contributed by atoms with van der Waals surface area (Å²) >= 11 is 0. The summed E-state index contributed by atoms with van der Waals surface area (Å²) in [4.78, 5) is 0. The highest BCUT2D eigenvalue weighted by Crippen LogP contribution is 2.44. The predicted molar refractivity (Wildman–Crippen MR) is 72.6 cm³/mol. The van der Waals surface area contributed by atoms with Crippen LogP contribution in [0.2, 0.25) is 0 Å². The highest BCUT2D eigenvalue weighted by atomic mass is 16.4. The standard InChI is InChI=1S/C14H21N3O/c1-14(7-8-14)10-16-12(9-13(15)17-18)11-5-3-2-4-6-11/h2-6,12,16,18H,7-10H2,1H3,(H2,15,17). The second-order valence-electron chi connectivity index (χ2n) is 5.45. The normalized spacial score (nSPS) is 19.5. The summed E-state index contributed by atoms with van der Waals surface area (Å²) in [5, 5.41) is 15.3. The number of rotatable bonds is 6. The van der Waals surface area contributed by atoms with Gasteiger partial charge in [0.15, 0.2) is 0 Å². The van der Waals surface area contributed by atoms with Crippen molar-refractivity contribution in [2.75, 3.05) is 6.54 Å². The lowest BCUT2D eigenvalue weighted by Crippen LogP contribution is -2.30. The Hall–Kier alpha value is -1.55. The molecule has 0 aliphatic heterocycles. The zero-order valence-corrected chi connectivity index (χ0v) is 10.8. The number of benzene rings is 1. The molecule has 4 N–H and O–H groups in total. The highest BCUT2D eigenvalue weighted by Gasteiger charge is 2.37. The van der Waals surface area contributed by atoms with Crippen molar-refractivity contribution in [3.05, 3.63) is 35.9 Å². The van der Waals surface area contributed by atoms with Crippen molar-refractivity contribution in [3.8, 4) is 0 Å². The maximum absolute atomic E-state index is 8.71. The van der Waals surface area contributed by atoms with Gasteiger partial charge in [-0.1, -0.05) is 42.4 Å². The summed E-state index contributed by atoms with van der Waals surface area (Å²) in [6.45, 7) is 3.26. The minimum atomic E-state index is 0.111. The molecule has 0 heterocycles. The minimum Gasteiger partial charge on any atom is -0.409 e. The Bertz CT molecular complexity index is 412. The first-order valence-corrected chi connectivity index (χ1v) is 6.38. The monoisotopic (exact) mass is 247 g/mol. The van der Waals surface area contributed by atoms with Crippen molar-refractivity contribution >= 4 is 5.84 Å². The van der Waals surface area contributed by atoms with Crippen LogP contribution in [-0.4, -0.2) is 17.6 Å². The van der Waals surface area contributed by atoms with Crippen LogP contribution in [0.4, 0.5) is 0 Å². The Morgan fingerprint density at radius 2 is 2.11 bits per heavy atom. The van der Waals surface area contributed by atoms with Gasteiger partial charge >= 0.3 is 0 Å². The van der Waals surface area contributed by atoms with Crippen LogP contribution in [0, 0.1) is 5.41 Å². The summed E-state index contributed by atoms with van der Waals surface area (Å²) in [5.74, 6) is 0.261. The number of nitrogens with two attached hydrogens (primary N) is 1. The van der Waals surface area contributed by atoms with Crippen molar-refractivity contribution in [3.63, 3.8) is 0 Å². The fraction of sp³-hybridized carbons (Fsp3) is 0.500. The quantitative estimate of drug-likeness (QED) is 0.312. The Balaban J connectivity index is 2.02. The lowest BCUT2D eigenvalue weighted by atomic mass is 10.0. The van der Waals surface area contributed by atoms with E-state index in [2.05, 4.69) is 29.5 Å². The first-order chi connectivity index (χ1) is 8.63. The Morgan fingerprint density at radius 1 is 1.44 bits per heavy atom. The lowest BCUT2D eigenvalue weighted by Gasteiger charge is -2.21. The molecule has 4 nitrogen and oxygen atoms in total. The molecule has 0 spiro atoms. The maximum Gasteiger partial charge on any atom is 0.141 e. The van der Waals surface area contributed by atoms with E-state index in [1.165, 1.54) is 18.4 Å². The predicted octanol–water partition coefficient (Wildman–Crippen LogP) is 2.25. The molecule has 0 amide bonds. The zero-order valence-electron chi connectivity index (χ0n) is 10.8. The number of nitrogens with one attached hydrogen (secondary N) is 1. The van der Waals surface area contributed by atoms with Crippen LogP contribution in [-0.2, 0) is 0 Å². The Morgan fingerprint density at radius 3 is 2.67 bits per heavy atom. The fourth-order valence-electron chi connectivity index (χ4n) is 2.00. The van der Waals surface area contributed by atoms with E-state index in [-0.39, 0.29) is 11.9 Å². The van der Waals surface area contributed by atoms with Crippen molar-refractivity contribution in [2.24, 2.45) is 16.3 Å². The topological polar surface area (TPSA) is 70.6 Å². The lowest BCUT2D eigenvalue weighted by molar-refractivity contribution is 0.315. The molecule has 4 heteroatoms. The molecule has 1 fully saturated rings. The summed E-state index contributed by atoms with van der Waals surface area (Å²) in [6.07, 6.45) is 3.09. The van der Waals surface area contributed by atoms with Gasteiger partial charge < -0.3 is 16.3 Å². The van der Waals surface area contributed by atoms with E-state index in [4.69, 9.17) is 10.9 Å². The average molecular weight is 247 g/mol. The van der Waals surface area contributed by atoms with Gasteiger partial charge in [-0.25, -0.2) is 0 Å². The smallest absolute Gasteiger partial charge is 0.141 e. The summed E-state index contributed by atoms with van der Waals surface area (Å²) in [6, 6.07) is 10.3. The molecule has 0 aromatic heterocycles. The summed E-state index contributed by atoms with van der Waals surface area (Å²) < 4.78 is 0. The first kappa shape index (κ1) is 12.9. The minimum absolute atomic E-state index is 0.111. The average Bonchev–Trinajstić information content (AvgIpc) is 3.13. The molecule has 1 aliphatic carbocycles. The first-order valence-electron chi connectivity index (χ1n) is 6.38. The van der Waals surface area contributed by atoms with Crippen LogP contribution in [0.1, 0.15) is 37.8 Å². The summed E-state index contributed by atoms with van der Waals surface area (Å²) in [7, 11) is 0. The maximum atomic E-state index is 8.71. The molecular weight excluding hydrogens is 226 g/mol. The molecule has 1 atom stereocenters. The molecule has 0 bridgehead atoms. The largest absolute Gasteiger partial charge is 0.409 e. The molecular formula is C14H21N3O. The van der Waals surface area contributed by atoms with Crippen LogP contribution < -0.4 is 11.1 Å². The SMILES string of the molecule is CC1(CNC(C/C(N)=N/O)c2ccccc2)CC1. The molecule has 1 aliphatic rings. The number of amidine groups is 1. The van der Waals surface area contributed by atoms with E-state index >= 15 is 0 Å². The Labute approximate surface area is 108 Å². The number of nitrogens with zero attached hydrogens (tertiary/aromatic N) is 1. The van der Waals surface area contributed by atoms with Crippen molar-refractivity contribution in [1.82, 2.24) is 5.32 Å². The molecule has 2 rings (SSSR count). The second-order valence-corrected chi connectivity index (χ2v) is 5.45. The van der Waals surface area contributed by atoms with Crippen LogP contribution >= 0.6 is 0 Å². The fourth-order valence-corrected chi connectivity index (χ4v) is 2.00. The number of hydrogen-bond acceptors (Lipinski definition) is 3. The van der Waals surface area contributed by atoms with Gasteiger partial charge in [-0.3, -0.25) is 0 Å². The molecule has 98 valence electrons.